The van der Waals surface area contributed by atoms with Gasteiger partial charge in [0.2, 0.25) is 5.95 Å². The van der Waals surface area contributed by atoms with E-state index in [0.717, 1.165) is 19.3 Å². The fourth-order valence-corrected chi connectivity index (χ4v) is 1.86. The van der Waals surface area contributed by atoms with Crippen LogP contribution in [0.15, 0.2) is 23.0 Å². The number of rotatable bonds is 6. The Kier molecular flexibility index (Phi) is 4.35. The lowest BCUT2D eigenvalue weighted by atomic mass is 10.2. The van der Waals surface area contributed by atoms with Gasteiger partial charge < -0.3 is 16.2 Å². The second-order valence-electron chi connectivity index (χ2n) is 4.40. The predicted molar refractivity (Wildman–Crippen MR) is 76.2 cm³/mol. The summed E-state index contributed by atoms with van der Waals surface area (Å²) in [6, 6.07) is 5.07. The van der Waals surface area contributed by atoms with Crippen LogP contribution in [0.3, 0.4) is 0 Å². The molecule has 102 valence electrons. The third-order valence-corrected chi connectivity index (χ3v) is 2.86. The number of aromatic amines is 1. The standard InChI is InChI=1S/C13H18N4O2/c14-9-4-5-11-10(8-9)12(19)17-13(16-11)15-6-2-1-3-7-18/h4-5,8,18H,1-3,6-7,14H2,(H2,15,16,17,19). The molecule has 5 N–H and O–H groups in total. The number of H-pyrrole nitrogens is 1. The van der Waals surface area contributed by atoms with E-state index < -0.39 is 0 Å². The quantitative estimate of drug-likeness (QED) is 0.460. The Hall–Kier alpha value is -2.08. The van der Waals surface area contributed by atoms with Gasteiger partial charge in [0.1, 0.15) is 0 Å². The third kappa shape index (κ3) is 3.45. The van der Waals surface area contributed by atoms with Crippen LogP contribution in [0.5, 0.6) is 0 Å². The summed E-state index contributed by atoms with van der Waals surface area (Å²) in [5.41, 5.74) is 6.61. The molecule has 19 heavy (non-hydrogen) atoms. The van der Waals surface area contributed by atoms with E-state index in [1.807, 2.05) is 0 Å². The second kappa shape index (κ2) is 6.19. The Bertz CT molecular complexity index is 609. The van der Waals surface area contributed by atoms with Crippen molar-refractivity contribution in [1.82, 2.24) is 9.97 Å². The lowest BCUT2D eigenvalue weighted by molar-refractivity contribution is 0.283. The molecule has 0 radical (unpaired) electrons. The van der Waals surface area contributed by atoms with E-state index in [0.29, 0.717) is 29.1 Å². The topological polar surface area (TPSA) is 104 Å². The number of benzene rings is 1. The molecule has 2 rings (SSSR count). The molecule has 0 unspecified atom stereocenters. The number of nitrogen functional groups attached to an aromatic ring is 1. The normalized spacial score (nSPS) is 10.8. The minimum atomic E-state index is -0.199. The number of aromatic nitrogens is 2. The van der Waals surface area contributed by atoms with E-state index in [-0.39, 0.29) is 12.2 Å². The van der Waals surface area contributed by atoms with Crippen LogP contribution in [-0.2, 0) is 0 Å². The van der Waals surface area contributed by atoms with Gasteiger partial charge in [0.15, 0.2) is 0 Å². The van der Waals surface area contributed by atoms with Crippen molar-refractivity contribution in [2.24, 2.45) is 0 Å². The zero-order valence-corrected chi connectivity index (χ0v) is 10.6. The first-order chi connectivity index (χ1) is 9.20. The van der Waals surface area contributed by atoms with Gasteiger partial charge in [-0.15, -0.1) is 0 Å². The molecule has 0 fully saturated rings. The monoisotopic (exact) mass is 262 g/mol. The Morgan fingerprint density at radius 2 is 2.16 bits per heavy atom. The third-order valence-electron chi connectivity index (χ3n) is 2.86. The molecular weight excluding hydrogens is 244 g/mol. The number of fused-ring (bicyclic) bond motifs is 1. The summed E-state index contributed by atoms with van der Waals surface area (Å²) >= 11 is 0. The number of nitrogens with zero attached hydrogens (tertiary/aromatic N) is 1. The molecule has 0 amide bonds. The summed E-state index contributed by atoms with van der Waals surface area (Å²) < 4.78 is 0. The Balaban J connectivity index is 2.08. The fourth-order valence-electron chi connectivity index (χ4n) is 1.86. The Morgan fingerprint density at radius 1 is 1.32 bits per heavy atom. The molecule has 1 aromatic carbocycles. The number of nitrogens with one attached hydrogen (secondary N) is 2. The molecule has 0 atom stereocenters. The van der Waals surface area contributed by atoms with Crippen LogP contribution in [-0.4, -0.2) is 28.2 Å². The maximum Gasteiger partial charge on any atom is 0.260 e. The highest BCUT2D eigenvalue weighted by Gasteiger charge is 2.03. The van der Waals surface area contributed by atoms with Crippen LogP contribution in [0.2, 0.25) is 0 Å². The maximum absolute atomic E-state index is 11.9. The van der Waals surface area contributed by atoms with Gasteiger partial charge in [0.05, 0.1) is 10.9 Å². The highest BCUT2D eigenvalue weighted by molar-refractivity contribution is 5.81. The maximum atomic E-state index is 11.9. The van der Waals surface area contributed by atoms with Gasteiger partial charge in [-0.2, -0.15) is 0 Å². The highest BCUT2D eigenvalue weighted by atomic mass is 16.2. The molecule has 6 nitrogen and oxygen atoms in total. The van der Waals surface area contributed by atoms with E-state index in [1.54, 1.807) is 18.2 Å². The number of aliphatic hydroxyl groups excluding tert-OH is 1. The predicted octanol–water partition coefficient (Wildman–Crippen LogP) is 1.08. The van der Waals surface area contributed by atoms with Crippen LogP contribution >= 0.6 is 0 Å². The summed E-state index contributed by atoms with van der Waals surface area (Å²) in [5, 5.41) is 12.2. The van der Waals surface area contributed by atoms with E-state index in [4.69, 9.17) is 10.8 Å². The van der Waals surface area contributed by atoms with Gasteiger partial charge in [0.25, 0.3) is 5.56 Å². The first kappa shape index (κ1) is 13.4. The minimum Gasteiger partial charge on any atom is -0.399 e. The molecule has 0 spiro atoms. The molecule has 0 aliphatic heterocycles. The van der Waals surface area contributed by atoms with Gasteiger partial charge in [-0.25, -0.2) is 4.98 Å². The highest BCUT2D eigenvalue weighted by Crippen LogP contribution is 2.12. The van der Waals surface area contributed by atoms with Gasteiger partial charge in [-0.05, 0) is 37.5 Å². The van der Waals surface area contributed by atoms with Crippen molar-refractivity contribution < 1.29 is 5.11 Å². The molecule has 0 aliphatic carbocycles. The average Bonchev–Trinajstić information content (AvgIpc) is 2.39. The summed E-state index contributed by atoms with van der Waals surface area (Å²) in [6.45, 7) is 0.926. The van der Waals surface area contributed by atoms with Crippen LogP contribution in [0.1, 0.15) is 19.3 Å². The largest absolute Gasteiger partial charge is 0.399 e. The van der Waals surface area contributed by atoms with Crippen molar-refractivity contribution in [3.63, 3.8) is 0 Å². The summed E-state index contributed by atoms with van der Waals surface area (Å²) in [6.07, 6.45) is 2.66. The number of hydrogen-bond donors (Lipinski definition) is 4. The van der Waals surface area contributed by atoms with Crippen molar-refractivity contribution in [2.45, 2.75) is 19.3 Å². The fraction of sp³-hybridized carbons (Fsp3) is 0.385. The molecule has 1 heterocycles. The van der Waals surface area contributed by atoms with Gasteiger partial charge >= 0.3 is 0 Å². The zero-order chi connectivity index (χ0) is 13.7. The van der Waals surface area contributed by atoms with Crippen molar-refractivity contribution in [3.8, 4) is 0 Å². The molecule has 2 aromatic rings. The van der Waals surface area contributed by atoms with Crippen LogP contribution in [0, 0.1) is 0 Å². The lowest BCUT2D eigenvalue weighted by Gasteiger charge is -2.06. The number of nitrogens with two attached hydrogens (primary N) is 1. The van der Waals surface area contributed by atoms with Gasteiger partial charge in [-0.3, -0.25) is 9.78 Å². The Morgan fingerprint density at radius 3 is 2.95 bits per heavy atom. The molecule has 0 bridgehead atoms. The molecule has 1 aromatic heterocycles. The molecule has 6 heteroatoms. The van der Waals surface area contributed by atoms with E-state index in [9.17, 15) is 4.79 Å². The minimum absolute atomic E-state index is 0.199. The zero-order valence-electron chi connectivity index (χ0n) is 10.6. The van der Waals surface area contributed by atoms with Crippen molar-refractivity contribution in [3.05, 3.63) is 28.6 Å². The summed E-state index contributed by atoms with van der Waals surface area (Å²) in [4.78, 5) is 18.9. The Labute approximate surface area is 110 Å². The first-order valence-electron chi connectivity index (χ1n) is 6.35. The summed E-state index contributed by atoms with van der Waals surface area (Å²) in [5.74, 6) is 0.464. The molecular formula is C13H18N4O2. The first-order valence-corrected chi connectivity index (χ1v) is 6.35. The second-order valence-corrected chi connectivity index (χ2v) is 4.40. The van der Waals surface area contributed by atoms with Crippen molar-refractivity contribution in [2.75, 3.05) is 24.2 Å². The van der Waals surface area contributed by atoms with Crippen LogP contribution in [0.25, 0.3) is 10.9 Å². The number of unbranched alkanes of at least 4 members (excludes halogenated alkanes) is 2. The number of anilines is 2. The van der Waals surface area contributed by atoms with Gasteiger partial charge in [-0.1, -0.05) is 0 Å². The smallest absolute Gasteiger partial charge is 0.260 e. The number of aliphatic hydroxyl groups is 1. The number of hydrogen-bond acceptors (Lipinski definition) is 5. The van der Waals surface area contributed by atoms with E-state index >= 15 is 0 Å². The van der Waals surface area contributed by atoms with Crippen molar-refractivity contribution in [1.29, 1.82) is 0 Å². The van der Waals surface area contributed by atoms with Crippen molar-refractivity contribution >= 4 is 22.5 Å². The molecule has 0 saturated heterocycles. The van der Waals surface area contributed by atoms with Gasteiger partial charge in [0, 0.05) is 18.8 Å². The van der Waals surface area contributed by atoms with Crippen LogP contribution < -0.4 is 16.6 Å². The molecule has 0 saturated carbocycles. The van der Waals surface area contributed by atoms with E-state index in [1.165, 1.54) is 0 Å². The van der Waals surface area contributed by atoms with Crippen LogP contribution in [0.4, 0.5) is 11.6 Å². The van der Waals surface area contributed by atoms with E-state index in [2.05, 4.69) is 15.3 Å². The molecule has 0 aliphatic rings. The lowest BCUT2D eigenvalue weighted by Crippen LogP contribution is -2.14. The average molecular weight is 262 g/mol. The SMILES string of the molecule is Nc1ccc2nc(NCCCCCO)[nH]c(=O)c2c1. The summed E-state index contributed by atoms with van der Waals surface area (Å²) in [7, 11) is 0.